The monoisotopic (exact) mass is 261 g/mol. The Hall–Kier alpha value is -1.88. The number of hydrogen-bond acceptors (Lipinski definition) is 3. The number of nitrogens with one attached hydrogen (secondary N) is 1. The lowest BCUT2D eigenvalue weighted by molar-refractivity contribution is -0.139. The number of carboxylic acids is 1. The smallest absolute Gasteiger partial charge is 0.322 e. The number of rotatable bonds is 6. The van der Waals surface area contributed by atoms with Gasteiger partial charge in [0.2, 0.25) is 0 Å². The molecule has 1 heterocycles. The Balaban J connectivity index is 2.39. The molecule has 0 saturated carbocycles. The van der Waals surface area contributed by atoms with Crippen molar-refractivity contribution in [3.63, 3.8) is 0 Å². The second kappa shape index (κ2) is 5.84. The molecule has 0 spiro atoms. The molecule has 0 aliphatic heterocycles. The summed E-state index contributed by atoms with van der Waals surface area (Å²) in [7, 11) is 0. The van der Waals surface area contributed by atoms with Crippen LogP contribution in [0.4, 0.5) is 0 Å². The van der Waals surface area contributed by atoms with E-state index in [9.17, 15) is 9.90 Å². The van der Waals surface area contributed by atoms with Crippen molar-refractivity contribution in [1.82, 2.24) is 14.9 Å². The molecule has 19 heavy (non-hydrogen) atoms. The van der Waals surface area contributed by atoms with E-state index in [0.29, 0.717) is 13.1 Å². The fourth-order valence-corrected chi connectivity index (χ4v) is 2.26. The van der Waals surface area contributed by atoms with E-state index in [1.165, 1.54) is 0 Å². The molecule has 2 aromatic rings. The Bertz CT molecular complexity index is 577. The number of aliphatic carboxylic acids is 1. The Morgan fingerprint density at radius 2 is 2.16 bits per heavy atom. The van der Waals surface area contributed by atoms with Gasteiger partial charge in [-0.3, -0.25) is 4.79 Å². The Kier molecular flexibility index (Phi) is 4.16. The van der Waals surface area contributed by atoms with E-state index in [4.69, 9.17) is 0 Å². The number of para-hydroxylation sites is 2. The van der Waals surface area contributed by atoms with E-state index in [0.717, 1.165) is 23.3 Å². The summed E-state index contributed by atoms with van der Waals surface area (Å²) < 4.78 is 2.00. The number of likely N-dealkylation sites (N-methyl/N-ethyl adjacent to an activating group) is 1. The van der Waals surface area contributed by atoms with Gasteiger partial charge in [-0.25, -0.2) is 4.98 Å². The minimum absolute atomic E-state index is 0.396. The highest BCUT2D eigenvalue weighted by molar-refractivity contribution is 5.77. The fraction of sp³-hybridized carbons (Fsp3) is 0.429. The van der Waals surface area contributed by atoms with Crippen molar-refractivity contribution in [3.05, 3.63) is 30.1 Å². The summed E-state index contributed by atoms with van der Waals surface area (Å²) in [6, 6.07) is 7.23. The average molecular weight is 261 g/mol. The van der Waals surface area contributed by atoms with E-state index in [1.807, 2.05) is 42.7 Å². The van der Waals surface area contributed by atoms with Crippen LogP contribution in [0.25, 0.3) is 11.0 Å². The topological polar surface area (TPSA) is 67.2 Å². The van der Waals surface area contributed by atoms with Crippen LogP contribution in [0.2, 0.25) is 0 Å². The molecule has 102 valence electrons. The zero-order chi connectivity index (χ0) is 13.8. The third-order valence-electron chi connectivity index (χ3n) is 3.16. The van der Waals surface area contributed by atoms with E-state index in [1.54, 1.807) is 0 Å². The largest absolute Gasteiger partial charge is 0.480 e. The quantitative estimate of drug-likeness (QED) is 0.830. The van der Waals surface area contributed by atoms with Crippen LogP contribution in [0.1, 0.15) is 19.7 Å². The van der Waals surface area contributed by atoms with Gasteiger partial charge in [0.05, 0.1) is 17.6 Å². The van der Waals surface area contributed by atoms with E-state index >= 15 is 0 Å². The molecule has 0 saturated heterocycles. The van der Waals surface area contributed by atoms with Gasteiger partial charge >= 0.3 is 5.97 Å². The number of aryl methyl sites for hydroxylation is 1. The highest BCUT2D eigenvalue weighted by atomic mass is 16.4. The minimum Gasteiger partial charge on any atom is -0.480 e. The van der Waals surface area contributed by atoms with Crippen LogP contribution in [0.5, 0.6) is 0 Å². The number of nitrogens with zero attached hydrogens (tertiary/aromatic N) is 2. The first-order chi connectivity index (χ1) is 9.17. The normalized spacial score (nSPS) is 12.7. The molecular weight excluding hydrogens is 242 g/mol. The molecule has 5 heteroatoms. The third kappa shape index (κ3) is 2.76. The summed E-state index contributed by atoms with van der Waals surface area (Å²) in [5, 5.41) is 12.2. The number of hydrogen-bond donors (Lipinski definition) is 2. The molecule has 1 atom stereocenters. The van der Waals surface area contributed by atoms with E-state index in [-0.39, 0.29) is 0 Å². The molecule has 0 radical (unpaired) electrons. The number of fused-ring (bicyclic) bond motifs is 1. The maximum Gasteiger partial charge on any atom is 0.322 e. The number of carbonyl (C=O) groups is 1. The lowest BCUT2D eigenvalue weighted by atomic mass is 10.2. The van der Waals surface area contributed by atoms with E-state index in [2.05, 4.69) is 10.3 Å². The maximum atomic E-state index is 11.3. The van der Waals surface area contributed by atoms with Crippen LogP contribution >= 0.6 is 0 Å². The summed E-state index contributed by atoms with van der Waals surface area (Å²) in [6.07, 6.45) is 0.785. The average Bonchev–Trinajstić information content (AvgIpc) is 2.76. The summed E-state index contributed by atoms with van der Waals surface area (Å²) in [5.41, 5.74) is 1.91. The number of imidazole rings is 1. The molecule has 5 nitrogen and oxygen atoms in total. The van der Waals surface area contributed by atoms with Gasteiger partial charge in [-0.2, -0.15) is 0 Å². The SMILES string of the molecule is CCNC(Cn1c(CC)nc2ccccc21)C(=O)O. The Morgan fingerprint density at radius 1 is 1.42 bits per heavy atom. The molecule has 0 bridgehead atoms. The lowest BCUT2D eigenvalue weighted by Gasteiger charge is -2.16. The van der Waals surface area contributed by atoms with Crippen molar-refractivity contribution in [2.24, 2.45) is 0 Å². The first-order valence-corrected chi connectivity index (χ1v) is 6.57. The first kappa shape index (κ1) is 13.5. The molecule has 2 N–H and O–H groups in total. The second-order valence-corrected chi connectivity index (χ2v) is 4.43. The van der Waals surface area contributed by atoms with Gasteiger partial charge in [0, 0.05) is 6.42 Å². The predicted molar refractivity (Wildman–Crippen MR) is 74.2 cm³/mol. The highest BCUT2D eigenvalue weighted by Crippen LogP contribution is 2.17. The van der Waals surface area contributed by atoms with Crippen molar-refractivity contribution in [2.75, 3.05) is 6.54 Å². The number of benzene rings is 1. The van der Waals surface area contributed by atoms with Crippen molar-refractivity contribution in [2.45, 2.75) is 32.9 Å². The van der Waals surface area contributed by atoms with Crippen molar-refractivity contribution in [3.8, 4) is 0 Å². The zero-order valence-electron chi connectivity index (χ0n) is 11.3. The van der Waals surface area contributed by atoms with Gasteiger partial charge in [0.25, 0.3) is 0 Å². The fourth-order valence-electron chi connectivity index (χ4n) is 2.26. The lowest BCUT2D eigenvalue weighted by Crippen LogP contribution is -2.40. The van der Waals surface area contributed by atoms with Crippen LogP contribution in [0.15, 0.2) is 24.3 Å². The summed E-state index contributed by atoms with van der Waals surface area (Å²) in [6.45, 7) is 4.96. The van der Waals surface area contributed by atoms with Crippen LogP contribution < -0.4 is 5.32 Å². The van der Waals surface area contributed by atoms with Crippen LogP contribution in [0, 0.1) is 0 Å². The van der Waals surface area contributed by atoms with Gasteiger partial charge in [0.1, 0.15) is 11.9 Å². The minimum atomic E-state index is -0.832. The Morgan fingerprint density at radius 3 is 2.79 bits per heavy atom. The Labute approximate surface area is 112 Å². The molecule has 1 aromatic heterocycles. The maximum absolute atomic E-state index is 11.3. The molecule has 1 aromatic carbocycles. The van der Waals surface area contributed by atoms with Crippen molar-refractivity contribution < 1.29 is 9.90 Å². The summed E-state index contributed by atoms with van der Waals surface area (Å²) in [5.74, 6) is 0.0898. The van der Waals surface area contributed by atoms with Crippen LogP contribution in [0.3, 0.4) is 0 Å². The zero-order valence-corrected chi connectivity index (χ0v) is 11.3. The molecule has 0 fully saturated rings. The molecule has 0 aliphatic rings. The molecular formula is C14H19N3O2. The van der Waals surface area contributed by atoms with Gasteiger partial charge in [-0.1, -0.05) is 26.0 Å². The van der Waals surface area contributed by atoms with Crippen molar-refractivity contribution in [1.29, 1.82) is 0 Å². The first-order valence-electron chi connectivity index (χ1n) is 6.57. The molecule has 1 unspecified atom stereocenters. The predicted octanol–water partition coefficient (Wildman–Crippen LogP) is 1.66. The van der Waals surface area contributed by atoms with Crippen LogP contribution in [-0.2, 0) is 17.8 Å². The summed E-state index contributed by atoms with van der Waals surface area (Å²) in [4.78, 5) is 15.8. The van der Waals surface area contributed by atoms with Crippen molar-refractivity contribution >= 4 is 17.0 Å². The number of carboxylic acid groups (broad SMARTS) is 1. The highest BCUT2D eigenvalue weighted by Gasteiger charge is 2.19. The molecule has 0 aliphatic carbocycles. The van der Waals surface area contributed by atoms with Gasteiger partial charge < -0.3 is 15.0 Å². The van der Waals surface area contributed by atoms with Crippen LogP contribution in [-0.4, -0.2) is 33.2 Å². The van der Waals surface area contributed by atoms with Gasteiger partial charge in [0.15, 0.2) is 0 Å². The van der Waals surface area contributed by atoms with Gasteiger partial charge in [-0.15, -0.1) is 0 Å². The molecule has 2 rings (SSSR count). The van der Waals surface area contributed by atoms with E-state index < -0.39 is 12.0 Å². The number of aromatic nitrogens is 2. The van der Waals surface area contributed by atoms with Gasteiger partial charge in [-0.05, 0) is 18.7 Å². The third-order valence-corrected chi connectivity index (χ3v) is 3.16. The standard InChI is InChI=1S/C14H19N3O2/c1-3-13-16-10-7-5-6-8-12(10)17(13)9-11(14(18)19)15-4-2/h5-8,11,15H,3-4,9H2,1-2H3,(H,18,19). The molecule has 0 amide bonds. The second-order valence-electron chi connectivity index (χ2n) is 4.43. The summed E-state index contributed by atoms with van der Waals surface area (Å²) >= 11 is 0.